The number of benzene rings is 1. The van der Waals surface area contributed by atoms with E-state index in [4.69, 9.17) is 0 Å². The van der Waals surface area contributed by atoms with Crippen molar-refractivity contribution >= 4 is 28.0 Å². The smallest absolute Gasteiger partial charge is 0.219 e. The lowest BCUT2D eigenvalue weighted by Gasteiger charge is -2.13. The highest BCUT2D eigenvalue weighted by Gasteiger charge is 2.20. The van der Waals surface area contributed by atoms with E-state index in [1.807, 2.05) is 31.2 Å². The summed E-state index contributed by atoms with van der Waals surface area (Å²) in [6, 6.07) is 10.1. The number of aromatic amines is 1. The Morgan fingerprint density at radius 3 is 2.73 bits per heavy atom. The maximum atomic E-state index is 12.7. The van der Waals surface area contributed by atoms with Crippen molar-refractivity contribution in [1.82, 2.24) is 4.98 Å². The largest absolute Gasteiger partial charge is 0.358 e. The quantitative estimate of drug-likeness (QED) is 0.698. The number of hydrogen-bond acceptors (Lipinski definition) is 2. The topological polar surface area (TPSA) is 37.3 Å². The van der Waals surface area contributed by atoms with Crippen LogP contribution < -0.4 is 4.90 Å². The predicted octanol–water partition coefficient (Wildman–Crippen LogP) is 2.74. The van der Waals surface area contributed by atoms with Crippen molar-refractivity contribution in [3.8, 4) is 0 Å². The number of rotatable bonds is 5. The number of quaternary nitrogens is 1. The fourth-order valence-electron chi connectivity index (χ4n) is 2.92. The molecule has 0 aliphatic heterocycles. The zero-order chi connectivity index (χ0) is 15.7. The van der Waals surface area contributed by atoms with E-state index < -0.39 is 0 Å². The molecule has 1 unspecified atom stereocenters. The minimum absolute atomic E-state index is 0.210. The Labute approximate surface area is 134 Å². The van der Waals surface area contributed by atoms with Gasteiger partial charge in [-0.15, -0.1) is 11.3 Å². The Morgan fingerprint density at radius 1 is 1.23 bits per heavy atom. The summed E-state index contributed by atoms with van der Waals surface area (Å²) in [6.45, 7) is 5.52. The van der Waals surface area contributed by atoms with Gasteiger partial charge < -0.3 is 9.88 Å². The highest BCUT2D eigenvalue weighted by molar-refractivity contribution is 7.10. The number of H-pyrrole nitrogens is 1. The van der Waals surface area contributed by atoms with E-state index in [0.717, 1.165) is 28.7 Å². The van der Waals surface area contributed by atoms with Crippen LogP contribution in [-0.4, -0.2) is 24.4 Å². The molecule has 4 heteroatoms. The summed E-state index contributed by atoms with van der Waals surface area (Å²) in [4.78, 5) is 18.6. The van der Waals surface area contributed by atoms with Crippen molar-refractivity contribution in [1.29, 1.82) is 0 Å². The number of hydrogen-bond donors (Lipinski definition) is 2. The van der Waals surface area contributed by atoms with Crippen LogP contribution in [0.3, 0.4) is 0 Å². The molecule has 0 fully saturated rings. The average molecular weight is 313 g/mol. The summed E-state index contributed by atoms with van der Waals surface area (Å²) in [7, 11) is 2.08. The van der Waals surface area contributed by atoms with Gasteiger partial charge in [-0.05, 0) is 36.9 Å². The Kier molecular flexibility index (Phi) is 4.14. The molecule has 114 valence electrons. The van der Waals surface area contributed by atoms with Crippen LogP contribution in [0.5, 0.6) is 0 Å². The fourth-order valence-corrected chi connectivity index (χ4v) is 3.94. The number of aromatic nitrogens is 1. The van der Waals surface area contributed by atoms with Crippen molar-refractivity contribution in [2.45, 2.75) is 20.4 Å². The standard InChI is InChI=1S/C18H20N2OS/c1-12-8-9-22-17(12)11-20(3)10-16(21)18-13(2)19-15-7-5-4-6-14(15)18/h4-9,19H,10-11H2,1-3H3/p+1. The first-order valence-corrected chi connectivity index (χ1v) is 8.39. The lowest BCUT2D eigenvalue weighted by atomic mass is 10.1. The number of fused-ring (bicyclic) bond motifs is 1. The molecule has 0 amide bonds. The van der Waals surface area contributed by atoms with Gasteiger partial charge in [0.05, 0.1) is 17.5 Å². The van der Waals surface area contributed by atoms with Gasteiger partial charge in [-0.1, -0.05) is 18.2 Å². The maximum absolute atomic E-state index is 12.7. The van der Waals surface area contributed by atoms with Crippen molar-refractivity contribution in [2.24, 2.45) is 0 Å². The van der Waals surface area contributed by atoms with Gasteiger partial charge in [-0.2, -0.15) is 0 Å². The van der Waals surface area contributed by atoms with Gasteiger partial charge in [-0.3, -0.25) is 4.79 Å². The summed E-state index contributed by atoms with van der Waals surface area (Å²) in [6.07, 6.45) is 0. The highest BCUT2D eigenvalue weighted by Crippen LogP contribution is 2.21. The lowest BCUT2D eigenvalue weighted by Crippen LogP contribution is -3.08. The molecule has 1 atom stereocenters. The molecule has 3 rings (SSSR count). The molecule has 0 saturated carbocycles. The van der Waals surface area contributed by atoms with E-state index >= 15 is 0 Å². The van der Waals surface area contributed by atoms with E-state index in [-0.39, 0.29) is 5.78 Å². The Hall–Kier alpha value is -1.91. The summed E-state index contributed by atoms with van der Waals surface area (Å²) < 4.78 is 0. The minimum atomic E-state index is 0.210. The molecule has 2 N–H and O–H groups in total. The molecule has 0 aliphatic rings. The molecule has 3 aromatic rings. The molecular formula is C18H21N2OS+. The number of aryl methyl sites for hydroxylation is 2. The molecule has 1 aromatic carbocycles. The number of para-hydroxylation sites is 1. The summed E-state index contributed by atoms with van der Waals surface area (Å²) >= 11 is 1.77. The highest BCUT2D eigenvalue weighted by atomic mass is 32.1. The number of thiophene rings is 1. The summed E-state index contributed by atoms with van der Waals surface area (Å²) in [5.41, 5.74) is 4.17. The van der Waals surface area contributed by atoms with Crippen LogP contribution >= 0.6 is 11.3 Å². The predicted molar refractivity (Wildman–Crippen MR) is 91.9 cm³/mol. The maximum Gasteiger partial charge on any atom is 0.219 e. The molecular weight excluding hydrogens is 292 g/mol. The van der Waals surface area contributed by atoms with Crippen molar-refractivity contribution in [2.75, 3.05) is 13.6 Å². The first-order chi connectivity index (χ1) is 10.6. The van der Waals surface area contributed by atoms with Gasteiger partial charge in [0, 0.05) is 16.6 Å². The first-order valence-electron chi connectivity index (χ1n) is 7.51. The fraction of sp³-hybridized carbons (Fsp3) is 0.278. The van der Waals surface area contributed by atoms with Crippen LogP contribution in [0.1, 0.15) is 26.5 Å². The van der Waals surface area contributed by atoms with Crippen LogP contribution in [0.25, 0.3) is 10.9 Å². The van der Waals surface area contributed by atoms with E-state index in [9.17, 15) is 4.79 Å². The molecule has 0 bridgehead atoms. The van der Waals surface area contributed by atoms with E-state index in [1.165, 1.54) is 15.3 Å². The Balaban J connectivity index is 1.78. The minimum Gasteiger partial charge on any atom is -0.358 e. The third kappa shape index (κ3) is 2.85. The molecule has 2 aromatic heterocycles. The third-order valence-corrected chi connectivity index (χ3v) is 5.09. The van der Waals surface area contributed by atoms with E-state index in [2.05, 4.69) is 30.4 Å². The van der Waals surface area contributed by atoms with Crippen LogP contribution in [0.4, 0.5) is 0 Å². The molecule has 2 heterocycles. The number of likely N-dealkylation sites (N-methyl/N-ethyl adjacent to an activating group) is 1. The van der Waals surface area contributed by atoms with Gasteiger partial charge in [0.1, 0.15) is 13.1 Å². The molecule has 0 saturated heterocycles. The Bertz CT molecular complexity index is 815. The first kappa shape index (κ1) is 15.0. The van der Waals surface area contributed by atoms with Gasteiger partial charge in [-0.25, -0.2) is 0 Å². The van der Waals surface area contributed by atoms with Gasteiger partial charge in [0.2, 0.25) is 5.78 Å². The number of nitrogens with one attached hydrogen (secondary N) is 2. The summed E-state index contributed by atoms with van der Waals surface area (Å²) in [5, 5.41) is 3.15. The van der Waals surface area contributed by atoms with E-state index in [0.29, 0.717) is 6.54 Å². The molecule has 22 heavy (non-hydrogen) atoms. The van der Waals surface area contributed by atoms with Crippen LogP contribution in [-0.2, 0) is 6.54 Å². The number of carbonyl (C=O) groups excluding carboxylic acids is 1. The molecule has 0 radical (unpaired) electrons. The number of carbonyl (C=O) groups is 1. The van der Waals surface area contributed by atoms with Gasteiger partial charge >= 0.3 is 0 Å². The zero-order valence-electron chi connectivity index (χ0n) is 13.2. The zero-order valence-corrected chi connectivity index (χ0v) is 14.0. The number of ketones is 1. The second-order valence-corrected chi connectivity index (χ2v) is 6.93. The van der Waals surface area contributed by atoms with Gasteiger partial charge in [0.15, 0.2) is 0 Å². The van der Waals surface area contributed by atoms with Crippen molar-refractivity contribution in [3.63, 3.8) is 0 Å². The van der Waals surface area contributed by atoms with Crippen molar-refractivity contribution in [3.05, 3.63) is 57.4 Å². The van der Waals surface area contributed by atoms with E-state index in [1.54, 1.807) is 11.3 Å². The second kappa shape index (κ2) is 6.07. The van der Waals surface area contributed by atoms with Crippen LogP contribution in [0.2, 0.25) is 0 Å². The SMILES string of the molecule is Cc1ccsc1C[NH+](C)CC(=O)c1c(C)[nH]c2ccccc12. The van der Waals surface area contributed by atoms with Crippen LogP contribution in [0, 0.1) is 13.8 Å². The lowest BCUT2D eigenvalue weighted by molar-refractivity contribution is -0.884. The second-order valence-electron chi connectivity index (χ2n) is 5.93. The molecule has 0 spiro atoms. The average Bonchev–Trinajstić information content (AvgIpc) is 3.01. The van der Waals surface area contributed by atoms with Crippen LogP contribution in [0.15, 0.2) is 35.7 Å². The number of Topliss-reactive ketones (excluding diaryl/α,β-unsaturated/α-hetero) is 1. The Morgan fingerprint density at radius 2 is 2.00 bits per heavy atom. The molecule has 3 nitrogen and oxygen atoms in total. The summed E-state index contributed by atoms with van der Waals surface area (Å²) in [5.74, 6) is 0.210. The third-order valence-electron chi connectivity index (χ3n) is 4.07. The van der Waals surface area contributed by atoms with Crippen molar-refractivity contribution < 1.29 is 9.69 Å². The monoisotopic (exact) mass is 313 g/mol. The van der Waals surface area contributed by atoms with Gasteiger partial charge in [0.25, 0.3) is 0 Å². The molecule has 0 aliphatic carbocycles. The normalized spacial score (nSPS) is 12.7.